The van der Waals surface area contributed by atoms with Crippen molar-refractivity contribution in [1.82, 2.24) is 20.3 Å². The van der Waals surface area contributed by atoms with Gasteiger partial charge in [-0.05, 0) is 38.0 Å². The predicted molar refractivity (Wildman–Crippen MR) is 116 cm³/mol. The van der Waals surface area contributed by atoms with Crippen molar-refractivity contribution in [3.63, 3.8) is 0 Å². The molecule has 166 valence electrons. The fourth-order valence-electron chi connectivity index (χ4n) is 3.90. The van der Waals surface area contributed by atoms with Crippen LogP contribution in [0.25, 0.3) is 5.69 Å². The minimum absolute atomic E-state index is 0.0120. The maximum atomic E-state index is 14.2. The van der Waals surface area contributed by atoms with Crippen molar-refractivity contribution in [2.75, 3.05) is 11.9 Å². The molecule has 2 heterocycles. The summed E-state index contributed by atoms with van der Waals surface area (Å²) in [6.45, 7) is 3.67. The Morgan fingerprint density at radius 1 is 1.16 bits per heavy atom. The molecule has 8 nitrogen and oxygen atoms in total. The Balaban J connectivity index is 1.55. The van der Waals surface area contributed by atoms with E-state index >= 15 is 0 Å². The maximum absolute atomic E-state index is 14.2. The van der Waals surface area contributed by atoms with Gasteiger partial charge in [-0.1, -0.05) is 35.5 Å². The molecule has 1 aromatic heterocycles. The van der Waals surface area contributed by atoms with Crippen molar-refractivity contribution in [2.45, 2.75) is 38.8 Å². The standard InChI is InChI=1S/C23H24FN5O3/c1-14-22(27-28-29(14)20-10-6-4-8-18(20)24)23(31)26-19-9-5-3-7-17(19)21-13-16(11-12-32-21)25-15(2)30/h3-10,16,21H,11-13H2,1-2H3,(H,25,30)(H,26,31)/t16-,21+/m1/s1. The van der Waals surface area contributed by atoms with Gasteiger partial charge in [-0.3, -0.25) is 9.59 Å². The third-order valence-corrected chi connectivity index (χ3v) is 5.44. The topological polar surface area (TPSA) is 98.1 Å². The number of para-hydroxylation sites is 2. The van der Waals surface area contributed by atoms with E-state index in [1.807, 2.05) is 18.2 Å². The van der Waals surface area contributed by atoms with Crippen LogP contribution in [0.2, 0.25) is 0 Å². The molecule has 0 aliphatic carbocycles. The van der Waals surface area contributed by atoms with Crippen molar-refractivity contribution in [2.24, 2.45) is 0 Å². The van der Waals surface area contributed by atoms with Gasteiger partial charge >= 0.3 is 0 Å². The number of ether oxygens (including phenoxy) is 1. The molecule has 1 saturated heterocycles. The van der Waals surface area contributed by atoms with E-state index in [-0.39, 0.29) is 29.4 Å². The number of hydrogen-bond donors (Lipinski definition) is 2. The fraction of sp³-hybridized carbons (Fsp3) is 0.304. The highest BCUT2D eigenvalue weighted by Crippen LogP contribution is 2.33. The Labute approximate surface area is 184 Å². The fourth-order valence-corrected chi connectivity index (χ4v) is 3.90. The normalized spacial score (nSPS) is 18.2. The number of hydrogen-bond acceptors (Lipinski definition) is 5. The Morgan fingerprint density at radius 2 is 1.91 bits per heavy atom. The number of anilines is 1. The highest BCUT2D eigenvalue weighted by Gasteiger charge is 2.27. The molecular weight excluding hydrogens is 413 g/mol. The zero-order valence-corrected chi connectivity index (χ0v) is 17.8. The highest BCUT2D eigenvalue weighted by molar-refractivity contribution is 6.04. The summed E-state index contributed by atoms with van der Waals surface area (Å²) < 4.78 is 21.4. The first-order valence-corrected chi connectivity index (χ1v) is 10.4. The summed E-state index contributed by atoms with van der Waals surface area (Å²) in [5, 5.41) is 13.8. The van der Waals surface area contributed by atoms with Crippen LogP contribution in [0.3, 0.4) is 0 Å². The van der Waals surface area contributed by atoms with E-state index in [0.29, 0.717) is 24.4 Å². The summed E-state index contributed by atoms with van der Waals surface area (Å²) in [6.07, 6.45) is 1.07. The lowest BCUT2D eigenvalue weighted by molar-refractivity contribution is -0.120. The Kier molecular flexibility index (Phi) is 6.27. The van der Waals surface area contributed by atoms with Crippen LogP contribution in [-0.4, -0.2) is 39.5 Å². The van der Waals surface area contributed by atoms with E-state index in [0.717, 1.165) is 12.0 Å². The monoisotopic (exact) mass is 437 g/mol. The van der Waals surface area contributed by atoms with Gasteiger partial charge in [0, 0.05) is 30.8 Å². The Bertz CT molecular complexity index is 1150. The molecule has 9 heteroatoms. The summed E-state index contributed by atoms with van der Waals surface area (Å²) in [6, 6.07) is 13.5. The van der Waals surface area contributed by atoms with Crippen LogP contribution in [0.4, 0.5) is 10.1 Å². The molecule has 2 N–H and O–H groups in total. The molecule has 1 fully saturated rings. The zero-order valence-electron chi connectivity index (χ0n) is 17.8. The van der Waals surface area contributed by atoms with Crippen LogP contribution in [0.15, 0.2) is 48.5 Å². The van der Waals surface area contributed by atoms with E-state index in [2.05, 4.69) is 20.9 Å². The molecule has 1 aliphatic rings. The third kappa shape index (κ3) is 4.52. The van der Waals surface area contributed by atoms with E-state index < -0.39 is 11.7 Å². The first-order valence-electron chi connectivity index (χ1n) is 10.4. The Hall–Kier alpha value is -3.59. The smallest absolute Gasteiger partial charge is 0.278 e. The quantitative estimate of drug-likeness (QED) is 0.638. The lowest BCUT2D eigenvalue weighted by atomic mass is 9.96. The van der Waals surface area contributed by atoms with Gasteiger partial charge < -0.3 is 15.4 Å². The van der Waals surface area contributed by atoms with Crippen molar-refractivity contribution in [3.8, 4) is 5.69 Å². The van der Waals surface area contributed by atoms with Gasteiger partial charge in [0.25, 0.3) is 5.91 Å². The Morgan fingerprint density at radius 3 is 2.69 bits per heavy atom. The van der Waals surface area contributed by atoms with Gasteiger partial charge in [0.05, 0.1) is 11.8 Å². The lowest BCUT2D eigenvalue weighted by Crippen LogP contribution is -2.38. The minimum Gasteiger partial charge on any atom is -0.373 e. The minimum atomic E-state index is -0.457. The first-order chi connectivity index (χ1) is 15.4. The second-order valence-electron chi connectivity index (χ2n) is 7.71. The molecule has 3 aromatic rings. The summed E-state index contributed by atoms with van der Waals surface area (Å²) >= 11 is 0. The molecular formula is C23H24FN5O3. The van der Waals surface area contributed by atoms with Gasteiger partial charge in [-0.15, -0.1) is 5.10 Å². The number of aromatic nitrogens is 3. The number of amides is 2. The van der Waals surface area contributed by atoms with Crippen LogP contribution < -0.4 is 10.6 Å². The van der Waals surface area contributed by atoms with Gasteiger partial charge in [0.15, 0.2) is 5.69 Å². The highest BCUT2D eigenvalue weighted by atomic mass is 19.1. The van der Waals surface area contributed by atoms with Crippen molar-refractivity contribution < 1.29 is 18.7 Å². The number of nitrogens with one attached hydrogen (secondary N) is 2. The maximum Gasteiger partial charge on any atom is 0.278 e. The van der Waals surface area contributed by atoms with Crippen molar-refractivity contribution in [3.05, 3.63) is 71.3 Å². The molecule has 2 amide bonds. The molecule has 0 saturated carbocycles. The summed E-state index contributed by atoms with van der Waals surface area (Å²) in [5.74, 6) is -0.988. The predicted octanol–water partition coefficient (Wildman–Crippen LogP) is 3.32. The molecule has 32 heavy (non-hydrogen) atoms. The summed E-state index contributed by atoms with van der Waals surface area (Å²) in [7, 11) is 0. The molecule has 4 rings (SSSR count). The van der Waals surface area contributed by atoms with Crippen LogP contribution in [-0.2, 0) is 9.53 Å². The van der Waals surface area contributed by atoms with Gasteiger partial charge in [-0.25, -0.2) is 9.07 Å². The number of carbonyl (C=O) groups excluding carboxylic acids is 2. The second kappa shape index (κ2) is 9.27. The number of rotatable bonds is 5. The van der Waals surface area contributed by atoms with Crippen LogP contribution in [0, 0.1) is 12.7 Å². The molecule has 0 bridgehead atoms. The summed E-state index contributed by atoms with van der Waals surface area (Å²) in [5.41, 5.74) is 2.14. The second-order valence-corrected chi connectivity index (χ2v) is 7.71. The zero-order chi connectivity index (χ0) is 22.7. The van der Waals surface area contributed by atoms with Gasteiger partial charge in [0.1, 0.15) is 11.5 Å². The molecule has 2 aromatic carbocycles. The average Bonchev–Trinajstić information content (AvgIpc) is 3.15. The van der Waals surface area contributed by atoms with Gasteiger partial charge in [-0.2, -0.15) is 0 Å². The van der Waals surface area contributed by atoms with Crippen molar-refractivity contribution in [1.29, 1.82) is 0 Å². The largest absolute Gasteiger partial charge is 0.373 e. The SMILES string of the molecule is CC(=O)N[C@@H]1CCO[C@H](c2ccccc2NC(=O)c2nnn(-c3ccccc3F)c2C)C1. The molecule has 2 atom stereocenters. The number of benzene rings is 2. The molecule has 0 unspecified atom stereocenters. The molecule has 1 aliphatic heterocycles. The van der Waals surface area contributed by atoms with E-state index in [1.165, 1.54) is 17.7 Å². The van der Waals surface area contributed by atoms with E-state index in [9.17, 15) is 14.0 Å². The van der Waals surface area contributed by atoms with Crippen LogP contribution in [0.5, 0.6) is 0 Å². The van der Waals surface area contributed by atoms with Crippen LogP contribution in [0.1, 0.15) is 47.6 Å². The number of carbonyl (C=O) groups is 2. The third-order valence-electron chi connectivity index (χ3n) is 5.44. The van der Waals surface area contributed by atoms with Crippen molar-refractivity contribution >= 4 is 17.5 Å². The molecule has 0 spiro atoms. The van der Waals surface area contributed by atoms with Gasteiger partial charge in [0.2, 0.25) is 5.91 Å². The average molecular weight is 437 g/mol. The van der Waals surface area contributed by atoms with Crippen LogP contribution >= 0.6 is 0 Å². The molecule has 0 radical (unpaired) electrons. The lowest BCUT2D eigenvalue weighted by Gasteiger charge is -2.31. The van der Waals surface area contributed by atoms with E-state index in [1.54, 1.807) is 31.2 Å². The number of halogens is 1. The van der Waals surface area contributed by atoms with E-state index in [4.69, 9.17) is 4.74 Å². The first kappa shape index (κ1) is 21.6. The summed E-state index contributed by atoms with van der Waals surface area (Å²) in [4.78, 5) is 24.4. The number of nitrogens with zero attached hydrogens (tertiary/aromatic N) is 3.